The molecule has 0 saturated heterocycles. The third kappa shape index (κ3) is 3.77. The summed E-state index contributed by atoms with van der Waals surface area (Å²) >= 11 is 0. The van der Waals surface area contributed by atoms with E-state index in [0.717, 1.165) is 0 Å². The van der Waals surface area contributed by atoms with Gasteiger partial charge in [-0.1, -0.05) is 13.8 Å². The summed E-state index contributed by atoms with van der Waals surface area (Å²) in [6, 6.07) is 0.222. The molecular weight excluding hydrogens is 164 g/mol. The van der Waals surface area contributed by atoms with E-state index in [1.54, 1.807) is 7.05 Å². The Hall–Kier alpha value is -0.570. The zero-order chi connectivity index (χ0) is 10.6. The van der Waals surface area contributed by atoms with Gasteiger partial charge in [-0.15, -0.1) is 0 Å². The topological polar surface area (TPSA) is 41.1 Å². The Kier molecular flexibility index (Phi) is 4.40. The average Bonchev–Trinajstić information content (AvgIpc) is 2.04. The zero-order valence-electron chi connectivity index (χ0n) is 9.56. The van der Waals surface area contributed by atoms with Crippen LogP contribution in [-0.4, -0.2) is 24.5 Å². The summed E-state index contributed by atoms with van der Waals surface area (Å²) in [4.78, 5) is 11.6. The monoisotopic (exact) mass is 186 g/mol. The summed E-state index contributed by atoms with van der Waals surface area (Å²) < 4.78 is 0. The summed E-state index contributed by atoms with van der Waals surface area (Å²) in [5.41, 5.74) is -0.483. The number of hydrogen-bond donors (Lipinski definition) is 2. The second-order valence-corrected chi connectivity index (χ2v) is 4.38. The molecule has 0 aliphatic heterocycles. The number of nitrogens with one attached hydrogen (secondary N) is 2. The summed E-state index contributed by atoms with van der Waals surface area (Å²) in [5, 5.41) is 5.94. The summed E-state index contributed by atoms with van der Waals surface area (Å²) in [6.07, 6.45) is 0. The number of carbonyl (C=O) groups is 1. The number of rotatable bonds is 4. The SMILES string of the molecule is CNC(C)(C)C(=O)NC(C)C(C)C. The molecule has 13 heavy (non-hydrogen) atoms. The summed E-state index contributed by atoms with van der Waals surface area (Å²) in [6.45, 7) is 9.95. The predicted molar refractivity (Wildman–Crippen MR) is 55.6 cm³/mol. The van der Waals surface area contributed by atoms with Crippen LogP contribution in [0, 0.1) is 5.92 Å². The van der Waals surface area contributed by atoms with E-state index in [1.165, 1.54) is 0 Å². The van der Waals surface area contributed by atoms with Crippen molar-refractivity contribution >= 4 is 5.91 Å². The maximum atomic E-state index is 11.6. The first kappa shape index (κ1) is 12.4. The van der Waals surface area contributed by atoms with Crippen LogP contribution in [0.2, 0.25) is 0 Å². The Labute approximate surface area is 81.3 Å². The van der Waals surface area contributed by atoms with Gasteiger partial charge in [-0.25, -0.2) is 0 Å². The Balaban J connectivity index is 4.15. The molecule has 3 heteroatoms. The van der Waals surface area contributed by atoms with Crippen molar-refractivity contribution in [2.24, 2.45) is 5.92 Å². The molecule has 1 unspecified atom stereocenters. The van der Waals surface area contributed by atoms with Crippen molar-refractivity contribution in [3.05, 3.63) is 0 Å². The van der Waals surface area contributed by atoms with E-state index in [2.05, 4.69) is 24.5 Å². The first-order valence-electron chi connectivity index (χ1n) is 4.81. The van der Waals surface area contributed by atoms with Gasteiger partial charge in [0, 0.05) is 6.04 Å². The van der Waals surface area contributed by atoms with Gasteiger partial charge >= 0.3 is 0 Å². The fraction of sp³-hybridized carbons (Fsp3) is 0.900. The molecule has 0 fully saturated rings. The lowest BCUT2D eigenvalue weighted by atomic mass is 10.0. The van der Waals surface area contributed by atoms with Crippen LogP contribution in [0.5, 0.6) is 0 Å². The predicted octanol–water partition coefficient (Wildman–Crippen LogP) is 1.15. The van der Waals surface area contributed by atoms with Gasteiger partial charge in [-0.2, -0.15) is 0 Å². The number of carbonyl (C=O) groups excluding carboxylic acids is 1. The molecule has 0 aliphatic carbocycles. The Morgan fingerprint density at radius 1 is 1.23 bits per heavy atom. The maximum Gasteiger partial charge on any atom is 0.239 e. The maximum absolute atomic E-state index is 11.6. The van der Waals surface area contributed by atoms with Gasteiger partial charge in [-0.3, -0.25) is 4.79 Å². The van der Waals surface area contributed by atoms with Crippen molar-refractivity contribution in [1.82, 2.24) is 10.6 Å². The van der Waals surface area contributed by atoms with Gasteiger partial charge < -0.3 is 10.6 Å². The van der Waals surface area contributed by atoms with E-state index in [0.29, 0.717) is 5.92 Å². The first-order chi connectivity index (χ1) is 5.81. The quantitative estimate of drug-likeness (QED) is 0.691. The normalized spacial score (nSPS) is 14.4. The van der Waals surface area contributed by atoms with Gasteiger partial charge in [0.1, 0.15) is 0 Å². The highest BCUT2D eigenvalue weighted by molar-refractivity contribution is 5.85. The Bertz CT molecular complexity index is 176. The fourth-order valence-electron chi connectivity index (χ4n) is 0.667. The van der Waals surface area contributed by atoms with Crippen molar-refractivity contribution < 1.29 is 4.79 Å². The molecule has 78 valence electrons. The molecule has 0 aliphatic rings. The van der Waals surface area contributed by atoms with Crippen LogP contribution >= 0.6 is 0 Å². The van der Waals surface area contributed by atoms with E-state index >= 15 is 0 Å². The zero-order valence-corrected chi connectivity index (χ0v) is 9.56. The van der Waals surface area contributed by atoms with Crippen LogP contribution in [0.3, 0.4) is 0 Å². The van der Waals surface area contributed by atoms with Crippen molar-refractivity contribution in [3.8, 4) is 0 Å². The molecular formula is C10H22N2O. The van der Waals surface area contributed by atoms with Crippen LogP contribution in [-0.2, 0) is 4.79 Å². The third-order valence-electron chi connectivity index (χ3n) is 2.55. The highest BCUT2D eigenvalue weighted by Gasteiger charge is 2.26. The fourth-order valence-corrected chi connectivity index (χ4v) is 0.667. The van der Waals surface area contributed by atoms with Crippen LogP contribution in [0.1, 0.15) is 34.6 Å². The highest BCUT2D eigenvalue weighted by atomic mass is 16.2. The lowest BCUT2D eigenvalue weighted by Crippen LogP contribution is -2.54. The molecule has 0 aromatic carbocycles. The molecule has 0 rings (SSSR count). The van der Waals surface area contributed by atoms with Crippen molar-refractivity contribution in [2.75, 3.05) is 7.05 Å². The Morgan fingerprint density at radius 2 is 1.69 bits per heavy atom. The van der Waals surface area contributed by atoms with Crippen LogP contribution in [0.15, 0.2) is 0 Å². The third-order valence-corrected chi connectivity index (χ3v) is 2.55. The van der Waals surface area contributed by atoms with E-state index in [4.69, 9.17) is 0 Å². The van der Waals surface area contributed by atoms with Crippen LogP contribution in [0.25, 0.3) is 0 Å². The van der Waals surface area contributed by atoms with Gasteiger partial charge in [-0.05, 0) is 33.7 Å². The standard InChI is InChI=1S/C10H22N2O/c1-7(2)8(3)12-9(13)10(4,5)11-6/h7-8,11H,1-6H3,(H,12,13). The first-order valence-corrected chi connectivity index (χ1v) is 4.81. The lowest BCUT2D eigenvalue weighted by Gasteiger charge is -2.26. The molecule has 2 N–H and O–H groups in total. The van der Waals surface area contributed by atoms with Crippen molar-refractivity contribution in [2.45, 2.75) is 46.2 Å². The van der Waals surface area contributed by atoms with Gasteiger partial charge in [0.25, 0.3) is 0 Å². The second-order valence-electron chi connectivity index (χ2n) is 4.38. The molecule has 0 spiro atoms. The Morgan fingerprint density at radius 3 is 2.00 bits per heavy atom. The number of amides is 1. The summed E-state index contributed by atoms with van der Waals surface area (Å²) in [7, 11) is 1.79. The lowest BCUT2D eigenvalue weighted by molar-refractivity contribution is -0.127. The number of hydrogen-bond acceptors (Lipinski definition) is 2. The molecule has 3 nitrogen and oxygen atoms in total. The van der Waals surface area contributed by atoms with Gasteiger partial charge in [0.2, 0.25) is 5.91 Å². The minimum Gasteiger partial charge on any atom is -0.352 e. The molecule has 0 aromatic rings. The van der Waals surface area contributed by atoms with E-state index in [9.17, 15) is 4.79 Å². The van der Waals surface area contributed by atoms with E-state index in [1.807, 2.05) is 20.8 Å². The second kappa shape index (κ2) is 4.61. The highest BCUT2D eigenvalue weighted by Crippen LogP contribution is 2.05. The summed E-state index contributed by atoms with van der Waals surface area (Å²) in [5.74, 6) is 0.521. The van der Waals surface area contributed by atoms with Crippen LogP contribution < -0.4 is 10.6 Å². The van der Waals surface area contributed by atoms with Crippen molar-refractivity contribution in [1.29, 1.82) is 0 Å². The minimum atomic E-state index is -0.483. The molecule has 1 amide bonds. The smallest absolute Gasteiger partial charge is 0.239 e. The minimum absolute atomic E-state index is 0.0520. The van der Waals surface area contributed by atoms with Crippen molar-refractivity contribution in [3.63, 3.8) is 0 Å². The van der Waals surface area contributed by atoms with E-state index in [-0.39, 0.29) is 11.9 Å². The molecule has 0 bridgehead atoms. The molecule has 0 aromatic heterocycles. The largest absolute Gasteiger partial charge is 0.352 e. The molecule has 0 saturated carbocycles. The molecule has 0 radical (unpaired) electrons. The van der Waals surface area contributed by atoms with E-state index < -0.39 is 5.54 Å². The van der Waals surface area contributed by atoms with Gasteiger partial charge in [0.05, 0.1) is 5.54 Å². The number of likely N-dealkylation sites (N-methyl/N-ethyl adjacent to an activating group) is 1. The van der Waals surface area contributed by atoms with Gasteiger partial charge in [0.15, 0.2) is 0 Å². The average molecular weight is 186 g/mol. The van der Waals surface area contributed by atoms with Crippen LogP contribution in [0.4, 0.5) is 0 Å². The molecule has 0 heterocycles. The molecule has 1 atom stereocenters.